The predicted molar refractivity (Wildman–Crippen MR) is 97.8 cm³/mol. The van der Waals surface area contributed by atoms with Crippen molar-refractivity contribution in [3.8, 4) is 5.75 Å². The van der Waals surface area contributed by atoms with Gasteiger partial charge in [-0.05, 0) is 37.1 Å². The van der Waals surface area contributed by atoms with Crippen LogP contribution in [-0.2, 0) is 20.0 Å². The molecule has 0 fully saturated rings. The van der Waals surface area contributed by atoms with Crippen LogP contribution in [0.2, 0.25) is 19.6 Å². The van der Waals surface area contributed by atoms with Crippen molar-refractivity contribution in [2.45, 2.75) is 53.8 Å². The van der Waals surface area contributed by atoms with E-state index in [-0.39, 0.29) is 24.8 Å². The monoisotopic (exact) mass is 419 g/mol. The van der Waals surface area contributed by atoms with Crippen molar-refractivity contribution < 1.29 is 49.9 Å². The normalized spacial score (nSPS) is 11.6. The second kappa shape index (κ2) is 14.1. The van der Waals surface area contributed by atoms with Crippen LogP contribution in [0.5, 0.6) is 5.75 Å². The van der Waals surface area contributed by atoms with Gasteiger partial charge in [-0.3, -0.25) is 6.08 Å². The van der Waals surface area contributed by atoms with Crippen LogP contribution in [0.25, 0.3) is 0 Å². The van der Waals surface area contributed by atoms with Crippen molar-refractivity contribution in [2.75, 3.05) is 0 Å². The molecule has 1 nitrogen and oxygen atoms in total. The number of allylic oxidation sites excluding steroid dienone is 4. The molecule has 0 spiro atoms. The van der Waals surface area contributed by atoms with Gasteiger partial charge in [0, 0.05) is 8.07 Å². The molecule has 0 heterocycles. The zero-order valence-electron chi connectivity index (χ0n) is 15.8. The van der Waals surface area contributed by atoms with Crippen LogP contribution < -0.4 is 24.8 Å². The summed E-state index contributed by atoms with van der Waals surface area (Å²) in [4.78, 5) is 0. The molecule has 2 rings (SSSR count). The van der Waals surface area contributed by atoms with Crippen molar-refractivity contribution in [3.63, 3.8) is 0 Å². The minimum absolute atomic E-state index is 0. The third kappa shape index (κ3) is 15.4. The minimum Gasteiger partial charge on any atom is -1.00 e. The Bertz CT molecular complexity index is 506. The van der Waals surface area contributed by atoms with E-state index in [0.717, 1.165) is 17.5 Å². The van der Waals surface area contributed by atoms with Crippen LogP contribution in [0.1, 0.15) is 31.4 Å². The minimum atomic E-state index is -1.01. The topological polar surface area (TPSA) is 20.2 Å². The van der Waals surface area contributed by atoms with Crippen LogP contribution in [0.3, 0.4) is 0 Å². The van der Waals surface area contributed by atoms with Gasteiger partial charge in [-0.15, -0.1) is 6.42 Å². The Hall–Kier alpha value is -0.119. The van der Waals surface area contributed by atoms with Gasteiger partial charge in [-0.1, -0.05) is 25.7 Å². The quantitative estimate of drug-likeness (QED) is 0.472. The third-order valence-electron chi connectivity index (χ3n) is 2.71. The molecule has 1 aromatic rings. The van der Waals surface area contributed by atoms with E-state index in [2.05, 4.69) is 71.7 Å². The molecule has 1 aromatic carbocycles. The summed E-state index contributed by atoms with van der Waals surface area (Å²) in [7, 11) is -1.01. The smallest absolute Gasteiger partial charge is 0.116 e. The van der Waals surface area contributed by atoms with E-state index >= 15 is 0 Å². The van der Waals surface area contributed by atoms with Crippen LogP contribution in [0.15, 0.2) is 35.5 Å². The molecule has 0 amide bonds. The van der Waals surface area contributed by atoms with Gasteiger partial charge in [0.05, 0.1) is 0 Å². The second-order valence-electron chi connectivity index (χ2n) is 6.79. The molecular weight excluding hydrogens is 391 g/mol. The Morgan fingerprint density at radius 2 is 1.46 bits per heavy atom. The Kier molecular flexibility index (Phi) is 16.8. The molecule has 1 aliphatic rings. The molecule has 24 heavy (non-hydrogen) atoms. The van der Waals surface area contributed by atoms with Gasteiger partial charge >= 0.3 is 37.6 Å². The molecular formula is C19H29Cl2OSiTi-2. The summed E-state index contributed by atoms with van der Waals surface area (Å²) in [5, 5.41) is 10.5. The van der Waals surface area contributed by atoms with Crippen molar-refractivity contribution in [2.24, 2.45) is 0 Å². The summed E-state index contributed by atoms with van der Waals surface area (Å²) in [5.74, 6) is 0.354. The number of phenols is 1. The molecule has 1 N–H and O–H groups in total. The Labute approximate surface area is 173 Å². The first-order valence-corrected chi connectivity index (χ1v) is 11.9. The maximum Gasteiger partial charge on any atom is 0.116 e. The van der Waals surface area contributed by atoms with Crippen molar-refractivity contribution in [3.05, 3.63) is 52.8 Å². The summed E-state index contributed by atoms with van der Waals surface area (Å²) in [6, 6.07) is 5.51. The fourth-order valence-electron chi connectivity index (χ4n) is 1.87. The number of hydrogen-bond donors (Lipinski definition) is 1. The van der Waals surface area contributed by atoms with E-state index in [1.54, 1.807) is 12.1 Å². The van der Waals surface area contributed by atoms with Gasteiger partial charge in [0.2, 0.25) is 0 Å². The zero-order valence-corrected chi connectivity index (χ0v) is 19.9. The first kappa shape index (κ1) is 28.7. The van der Waals surface area contributed by atoms with Crippen molar-refractivity contribution >= 4 is 11.9 Å². The standard InChI is InChI=1S/C8H10O.C8H13Si.C3H6.2ClH.Ti/c1-6-3-7(2)5-8(9)4-6;1-9(2,3)8-6-4-5-7-8;1-3-2;;;/h3-5,9H,1-2H3;4,6H,5H2,1-3H3;1-2H3;2*1H;/q;-1;;;;+1/p-2. The largest absolute Gasteiger partial charge is 1.00 e. The van der Waals surface area contributed by atoms with Crippen LogP contribution in [-0.4, -0.2) is 17.0 Å². The fraction of sp³-hybridized carbons (Fsp3) is 0.421. The third-order valence-corrected chi connectivity index (χ3v) is 4.67. The second-order valence-corrected chi connectivity index (χ2v) is 13.4. The van der Waals surface area contributed by atoms with E-state index in [1.165, 1.54) is 9.01 Å². The SMILES string of the molecule is C[C](C)=[Ti+].C[Si](C)(C)C1=[C-]CC=C1.Cc1cc(C)cc(O)c1.[Cl-].[Cl-]. The molecule has 0 saturated heterocycles. The molecule has 0 bridgehead atoms. The van der Waals surface area contributed by atoms with Crippen LogP contribution in [0, 0.1) is 19.9 Å². The molecule has 0 saturated carbocycles. The molecule has 1 aliphatic carbocycles. The van der Waals surface area contributed by atoms with Gasteiger partial charge in [0.1, 0.15) is 5.75 Å². The van der Waals surface area contributed by atoms with E-state index in [0.29, 0.717) is 5.75 Å². The van der Waals surface area contributed by atoms with E-state index in [9.17, 15) is 0 Å². The summed E-state index contributed by atoms with van der Waals surface area (Å²) in [6.45, 7) is 15.2. The van der Waals surface area contributed by atoms with Crippen LogP contribution >= 0.6 is 0 Å². The van der Waals surface area contributed by atoms with E-state index in [1.807, 2.05) is 19.9 Å². The van der Waals surface area contributed by atoms with Crippen molar-refractivity contribution in [1.82, 2.24) is 0 Å². The number of aromatic hydroxyl groups is 1. The summed E-state index contributed by atoms with van der Waals surface area (Å²) in [6.07, 6.45) is 8.82. The molecule has 0 aliphatic heterocycles. The van der Waals surface area contributed by atoms with Gasteiger partial charge in [0.25, 0.3) is 0 Å². The van der Waals surface area contributed by atoms with Gasteiger partial charge in [0.15, 0.2) is 0 Å². The average molecular weight is 420 g/mol. The molecule has 0 unspecified atom stereocenters. The molecule has 5 heteroatoms. The molecule has 0 radical (unpaired) electrons. The van der Waals surface area contributed by atoms with Crippen LogP contribution in [0.4, 0.5) is 0 Å². The Balaban J connectivity index is -0.000000283. The number of halogens is 2. The molecule has 135 valence electrons. The van der Waals surface area contributed by atoms with E-state index < -0.39 is 8.07 Å². The van der Waals surface area contributed by atoms with Gasteiger partial charge in [-0.2, -0.15) is 6.08 Å². The van der Waals surface area contributed by atoms with Gasteiger partial charge < -0.3 is 29.9 Å². The van der Waals surface area contributed by atoms with E-state index in [4.69, 9.17) is 5.11 Å². The maximum absolute atomic E-state index is 8.99. The number of phenolic OH excluding ortho intramolecular Hbond substituents is 1. The molecule has 0 aromatic heterocycles. The first-order valence-electron chi connectivity index (χ1n) is 7.59. The maximum atomic E-state index is 8.99. The Morgan fingerprint density at radius 3 is 1.67 bits per heavy atom. The zero-order chi connectivity index (χ0) is 17.3. The number of aryl methyl sites for hydroxylation is 2. The Morgan fingerprint density at radius 1 is 1.04 bits per heavy atom. The number of benzene rings is 1. The first-order chi connectivity index (χ1) is 10.0. The van der Waals surface area contributed by atoms with Crippen molar-refractivity contribution in [1.29, 1.82) is 0 Å². The fourth-order valence-corrected chi connectivity index (χ4v) is 3.12. The predicted octanol–water partition coefficient (Wildman–Crippen LogP) is -0.684. The number of rotatable bonds is 1. The summed E-state index contributed by atoms with van der Waals surface area (Å²) >= 11 is 2.08. The summed E-state index contributed by atoms with van der Waals surface area (Å²) < 4.78 is 1.42. The van der Waals surface area contributed by atoms with Gasteiger partial charge in [-0.25, -0.2) is 11.3 Å². The number of hydrogen-bond acceptors (Lipinski definition) is 1. The molecule has 0 atom stereocenters. The summed E-state index contributed by atoms with van der Waals surface area (Å²) in [5.41, 5.74) is 2.21. The average Bonchev–Trinajstić information content (AvgIpc) is 2.78.